The lowest BCUT2D eigenvalue weighted by molar-refractivity contribution is -0.127. The van der Waals surface area contributed by atoms with Gasteiger partial charge in [0.15, 0.2) is 0 Å². The van der Waals surface area contributed by atoms with E-state index in [2.05, 4.69) is 10.4 Å². The Hall–Kier alpha value is -1.82. The van der Waals surface area contributed by atoms with Crippen LogP contribution in [0.4, 0.5) is 11.6 Å². The van der Waals surface area contributed by atoms with Crippen LogP contribution in [0.1, 0.15) is 6.42 Å². The number of hydrazine groups is 1. The van der Waals surface area contributed by atoms with Crippen molar-refractivity contribution >= 4 is 17.5 Å². The maximum absolute atomic E-state index is 11.8. The Morgan fingerprint density at radius 1 is 1.41 bits per heavy atom. The van der Waals surface area contributed by atoms with E-state index in [0.29, 0.717) is 12.4 Å². The normalized spacial score (nSPS) is 16.9. The molecule has 1 aliphatic rings. The van der Waals surface area contributed by atoms with Crippen molar-refractivity contribution < 1.29 is 4.79 Å². The molecule has 2 heterocycles. The Labute approximate surface area is 100 Å². The number of aromatic nitrogens is 1. The number of hydrogen-bond acceptors (Lipinski definition) is 5. The molecule has 6 nitrogen and oxygen atoms in total. The van der Waals surface area contributed by atoms with Crippen molar-refractivity contribution in [2.75, 3.05) is 37.0 Å². The highest BCUT2D eigenvalue weighted by molar-refractivity contribution is 5.81. The quantitative estimate of drug-likeness (QED) is 0.559. The van der Waals surface area contributed by atoms with Gasteiger partial charge in [0.05, 0.1) is 6.54 Å². The number of likely N-dealkylation sites (N-methyl/N-ethyl adjacent to an activating group) is 1. The summed E-state index contributed by atoms with van der Waals surface area (Å²) in [5.41, 5.74) is 2.51. The lowest BCUT2D eigenvalue weighted by Crippen LogP contribution is -2.34. The summed E-state index contributed by atoms with van der Waals surface area (Å²) in [7, 11) is 1.83. The third kappa shape index (κ3) is 2.65. The second-order valence-corrected chi connectivity index (χ2v) is 4.12. The van der Waals surface area contributed by atoms with Gasteiger partial charge >= 0.3 is 0 Å². The first-order valence-electron chi connectivity index (χ1n) is 5.63. The van der Waals surface area contributed by atoms with E-state index in [0.717, 1.165) is 25.3 Å². The van der Waals surface area contributed by atoms with Gasteiger partial charge in [0.1, 0.15) is 11.6 Å². The van der Waals surface area contributed by atoms with Gasteiger partial charge in [-0.15, -0.1) is 0 Å². The molecule has 2 rings (SSSR count). The largest absolute Gasteiger partial charge is 0.347 e. The maximum atomic E-state index is 11.8. The number of carbonyl (C=O) groups is 1. The minimum Gasteiger partial charge on any atom is -0.347 e. The fourth-order valence-electron chi connectivity index (χ4n) is 1.86. The molecule has 0 bridgehead atoms. The van der Waals surface area contributed by atoms with E-state index in [-0.39, 0.29) is 5.91 Å². The van der Waals surface area contributed by atoms with Crippen LogP contribution < -0.4 is 16.2 Å². The van der Waals surface area contributed by atoms with Gasteiger partial charge in [-0.1, -0.05) is 6.07 Å². The van der Waals surface area contributed by atoms with Crippen molar-refractivity contribution in [2.24, 2.45) is 5.84 Å². The third-order valence-electron chi connectivity index (χ3n) is 2.88. The van der Waals surface area contributed by atoms with Crippen LogP contribution in [0.2, 0.25) is 0 Å². The zero-order chi connectivity index (χ0) is 12.3. The Morgan fingerprint density at radius 3 is 3.00 bits per heavy atom. The van der Waals surface area contributed by atoms with E-state index in [1.165, 1.54) is 0 Å². The van der Waals surface area contributed by atoms with E-state index in [4.69, 9.17) is 5.84 Å². The molecule has 0 aromatic carbocycles. The molecular formula is C11H17N5O. The van der Waals surface area contributed by atoms with E-state index in [1.54, 1.807) is 11.0 Å². The lowest BCUT2D eigenvalue weighted by atomic mass is 10.3. The third-order valence-corrected chi connectivity index (χ3v) is 2.88. The summed E-state index contributed by atoms with van der Waals surface area (Å²) in [6, 6.07) is 5.55. The first kappa shape index (κ1) is 11.7. The summed E-state index contributed by atoms with van der Waals surface area (Å²) in [4.78, 5) is 19.8. The average molecular weight is 235 g/mol. The number of rotatable bonds is 2. The van der Waals surface area contributed by atoms with Crippen LogP contribution in [-0.2, 0) is 4.79 Å². The lowest BCUT2D eigenvalue weighted by Gasteiger charge is -2.21. The van der Waals surface area contributed by atoms with Gasteiger partial charge in [-0.25, -0.2) is 10.8 Å². The van der Waals surface area contributed by atoms with Crippen molar-refractivity contribution in [3.63, 3.8) is 0 Å². The topological polar surface area (TPSA) is 74.5 Å². The van der Waals surface area contributed by atoms with Gasteiger partial charge < -0.3 is 15.2 Å². The second kappa shape index (κ2) is 5.01. The van der Waals surface area contributed by atoms with Gasteiger partial charge in [0.2, 0.25) is 5.91 Å². The summed E-state index contributed by atoms with van der Waals surface area (Å²) >= 11 is 0. The van der Waals surface area contributed by atoms with Crippen LogP contribution in [0.25, 0.3) is 0 Å². The highest BCUT2D eigenvalue weighted by atomic mass is 16.2. The van der Waals surface area contributed by atoms with Crippen molar-refractivity contribution in [1.29, 1.82) is 0 Å². The smallest absolute Gasteiger partial charge is 0.241 e. The number of amides is 1. The fourth-order valence-corrected chi connectivity index (χ4v) is 1.86. The van der Waals surface area contributed by atoms with Crippen LogP contribution in [0.15, 0.2) is 18.2 Å². The predicted molar refractivity (Wildman–Crippen MR) is 66.5 cm³/mol. The Kier molecular flexibility index (Phi) is 3.43. The summed E-state index contributed by atoms with van der Waals surface area (Å²) in [6.45, 7) is 2.00. The molecule has 17 heavy (non-hydrogen) atoms. The number of pyridine rings is 1. The molecule has 0 atom stereocenters. The molecule has 1 fully saturated rings. The van der Waals surface area contributed by atoms with E-state index >= 15 is 0 Å². The highest BCUT2D eigenvalue weighted by Crippen LogP contribution is 2.15. The van der Waals surface area contributed by atoms with Crippen molar-refractivity contribution in [3.05, 3.63) is 18.2 Å². The number of nitrogen functional groups attached to an aromatic ring is 1. The molecule has 6 heteroatoms. The van der Waals surface area contributed by atoms with Gasteiger partial charge in [0, 0.05) is 20.1 Å². The molecule has 1 aliphatic heterocycles. The van der Waals surface area contributed by atoms with Crippen molar-refractivity contribution in [1.82, 2.24) is 9.88 Å². The molecule has 0 radical (unpaired) electrons. The Morgan fingerprint density at radius 2 is 2.24 bits per heavy atom. The molecule has 0 saturated carbocycles. The average Bonchev–Trinajstić information content (AvgIpc) is 2.52. The SMILES string of the molecule is CN1CCCN(c2cccc(NN)n2)CC1=O. The number of nitrogens with zero attached hydrogens (tertiary/aromatic N) is 3. The maximum Gasteiger partial charge on any atom is 0.241 e. The zero-order valence-corrected chi connectivity index (χ0v) is 9.89. The number of hydrogen-bond donors (Lipinski definition) is 2. The fraction of sp³-hybridized carbons (Fsp3) is 0.455. The molecule has 0 unspecified atom stereocenters. The van der Waals surface area contributed by atoms with Gasteiger partial charge in [-0.3, -0.25) is 4.79 Å². The number of anilines is 2. The molecule has 1 saturated heterocycles. The highest BCUT2D eigenvalue weighted by Gasteiger charge is 2.19. The zero-order valence-electron chi connectivity index (χ0n) is 9.89. The minimum absolute atomic E-state index is 0.121. The van der Waals surface area contributed by atoms with Gasteiger partial charge in [-0.05, 0) is 18.6 Å². The molecule has 1 aromatic heterocycles. The number of nitrogens with two attached hydrogens (primary N) is 1. The van der Waals surface area contributed by atoms with Crippen molar-refractivity contribution in [2.45, 2.75) is 6.42 Å². The van der Waals surface area contributed by atoms with Crippen molar-refractivity contribution in [3.8, 4) is 0 Å². The summed E-state index contributed by atoms with van der Waals surface area (Å²) in [5, 5.41) is 0. The molecule has 92 valence electrons. The monoisotopic (exact) mass is 235 g/mol. The van der Waals surface area contributed by atoms with E-state index in [9.17, 15) is 4.79 Å². The molecule has 1 aromatic rings. The van der Waals surface area contributed by atoms with Crippen LogP contribution in [0.3, 0.4) is 0 Å². The molecule has 0 spiro atoms. The van der Waals surface area contributed by atoms with Crippen LogP contribution in [0, 0.1) is 0 Å². The van der Waals surface area contributed by atoms with Crippen LogP contribution >= 0.6 is 0 Å². The molecule has 3 N–H and O–H groups in total. The molecule has 0 aliphatic carbocycles. The minimum atomic E-state index is 0.121. The Bertz CT molecular complexity index is 409. The van der Waals surface area contributed by atoms with Crippen LogP contribution in [-0.4, -0.2) is 42.5 Å². The summed E-state index contributed by atoms with van der Waals surface area (Å²) in [5.74, 6) is 6.83. The first-order chi connectivity index (χ1) is 8.20. The summed E-state index contributed by atoms with van der Waals surface area (Å²) in [6.07, 6.45) is 0.949. The molecule has 1 amide bonds. The van der Waals surface area contributed by atoms with E-state index in [1.807, 2.05) is 24.1 Å². The number of nitrogens with one attached hydrogen (secondary N) is 1. The second-order valence-electron chi connectivity index (χ2n) is 4.12. The predicted octanol–water partition coefficient (Wildman–Crippen LogP) is 0.0357. The number of carbonyl (C=O) groups excluding carboxylic acids is 1. The van der Waals surface area contributed by atoms with E-state index < -0.39 is 0 Å². The van der Waals surface area contributed by atoms with Gasteiger partial charge in [-0.2, -0.15) is 0 Å². The standard InChI is InChI=1S/C11H17N5O/c1-15-6-3-7-16(8-11(15)17)10-5-2-4-9(13-10)14-12/h2,4-5H,3,6-8,12H2,1H3,(H,13,14). The summed E-state index contributed by atoms with van der Waals surface area (Å²) < 4.78 is 0. The van der Waals surface area contributed by atoms with Gasteiger partial charge in [0.25, 0.3) is 0 Å². The Balaban J connectivity index is 2.17. The first-order valence-corrected chi connectivity index (χ1v) is 5.63. The van der Waals surface area contributed by atoms with Crippen LogP contribution in [0.5, 0.6) is 0 Å². The molecular weight excluding hydrogens is 218 g/mol.